The zero-order valence-corrected chi connectivity index (χ0v) is 19.8. The molecule has 176 valence electrons. The van der Waals surface area contributed by atoms with Gasteiger partial charge in [0.15, 0.2) is 0 Å². The lowest BCUT2D eigenvalue weighted by Crippen LogP contribution is -2.44. The molecule has 4 rings (SSSR count). The van der Waals surface area contributed by atoms with Crippen LogP contribution in [-0.4, -0.2) is 94.2 Å². The van der Waals surface area contributed by atoms with Crippen LogP contribution in [0.15, 0.2) is 28.0 Å². The van der Waals surface area contributed by atoms with Crippen molar-refractivity contribution < 1.29 is 22.7 Å². The number of amides is 2. The normalized spacial score (nSPS) is 20.4. The highest BCUT2D eigenvalue weighted by molar-refractivity contribution is 8.00. The number of carbonyl (C=O) groups is 2. The largest absolute Gasteiger partial charge is 0.379 e. The minimum absolute atomic E-state index is 0.114. The van der Waals surface area contributed by atoms with Gasteiger partial charge < -0.3 is 19.9 Å². The highest BCUT2D eigenvalue weighted by Crippen LogP contribution is 2.37. The van der Waals surface area contributed by atoms with Crippen molar-refractivity contribution in [3.63, 3.8) is 0 Å². The Hall–Kier alpha value is -1.66. The molecule has 3 aliphatic rings. The van der Waals surface area contributed by atoms with E-state index in [2.05, 4.69) is 10.2 Å². The number of fused-ring (bicyclic) bond motifs is 1. The first-order valence-electron chi connectivity index (χ1n) is 11.1. The van der Waals surface area contributed by atoms with Crippen molar-refractivity contribution in [2.24, 2.45) is 0 Å². The highest BCUT2D eigenvalue weighted by atomic mass is 32.2. The summed E-state index contributed by atoms with van der Waals surface area (Å²) in [6, 6.07) is 4.81. The molecule has 0 saturated carbocycles. The second-order valence-electron chi connectivity index (χ2n) is 8.17. The predicted molar refractivity (Wildman–Crippen MR) is 122 cm³/mol. The van der Waals surface area contributed by atoms with E-state index in [4.69, 9.17) is 4.74 Å². The molecule has 0 unspecified atom stereocenters. The van der Waals surface area contributed by atoms with Gasteiger partial charge in [0.2, 0.25) is 21.8 Å². The van der Waals surface area contributed by atoms with E-state index < -0.39 is 10.0 Å². The second-order valence-corrected chi connectivity index (χ2v) is 11.1. The van der Waals surface area contributed by atoms with Crippen LogP contribution in [0.2, 0.25) is 0 Å². The molecule has 0 aromatic heterocycles. The fourth-order valence-electron chi connectivity index (χ4n) is 4.19. The van der Waals surface area contributed by atoms with Gasteiger partial charge >= 0.3 is 0 Å². The Bertz CT molecular complexity index is 944. The molecule has 0 radical (unpaired) electrons. The Balaban J connectivity index is 1.42. The van der Waals surface area contributed by atoms with Gasteiger partial charge in [0, 0.05) is 24.5 Å². The zero-order valence-electron chi connectivity index (χ0n) is 18.1. The number of likely N-dealkylation sites (tertiary alicyclic amines) is 1. The monoisotopic (exact) mass is 482 g/mol. The van der Waals surface area contributed by atoms with Crippen molar-refractivity contribution in [2.45, 2.75) is 29.1 Å². The Morgan fingerprint density at radius 3 is 2.62 bits per heavy atom. The molecular formula is C21H30N4O5S2. The molecular weight excluding hydrogens is 452 g/mol. The lowest BCUT2D eigenvalue weighted by molar-refractivity contribution is -0.123. The van der Waals surface area contributed by atoms with Gasteiger partial charge in [0.1, 0.15) is 6.54 Å². The fourth-order valence-corrected chi connectivity index (χ4v) is 6.53. The molecule has 0 spiro atoms. The predicted octanol–water partition coefficient (Wildman–Crippen LogP) is 0.748. The Morgan fingerprint density at radius 2 is 1.88 bits per heavy atom. The van der Waals surface area contributed by atoms with Crippen LogP contribution in [0.4, 0.5) is 5.69 Å². The summed E-state index contributed by atoms with van der Waals surface area (Å²) >= 11 is 1.36. The lowest BCUT2D eigenvalue weighted by Gasteiger charge is -2.30. The van der Waals surface area contributed by atoms with Crippen LogP contribution in [0.3, 0.4) is 0 Å². The number of rotatable bonds is 8. The Labute approximate surface area is 193 Å². The second kappa shape index (κ2) is 10.5. The third-order valence-electron chi connectivity index (χ3n) is 5.95. The number of anilines is 1. The van der Waals surface area contributed by atoms with Gasteiger partial charge in [0.05, 0.1) is 29.5 Å². The number of nitrogens with zero attached hydrogens (tertiary/aromatic N) is 3. The molecule has 1 aromatic rings. The quantitative estimate of drug-likeness (QED) is 0.546. The third kappa shape index (κ3) is 5.45. The zero-order chi connectivity index (χ0) is 22.6. The van der Waals surface area contributed by atoms with Gasteiger partial charge in [-0.2, -0.15) is 4.31 Å². The van der Waals surface area contributed by atoms with E-state index in [1.165, 1.54) is 39.9 Å². The van der Waals surface area contributed by atoms with Crippen LogP contribution in [0, 0.1) is 0 Å². The smallest absolute Gasteiger partial charge is 0.243 e. The lowest BCUT2D eigenvalue weighted by atomic mass is 10.2. The van der Waals surface area contributed by atoms with E-state index >= 15 is 0 Å². The summed E-state index contributed by atoms with van der Waals surface area (Å²) in [4.78, 5) is 29.9. The maximum Gasteiger partial charge on any atom is 0.243 e. The van der Waals surface area contributed by atoms with Crippen LogP contribution < -0.4 is 10.2 Å². The summed E-state index contributed by atoms with van der Waals surface area (Å²) in [5.74, 6) is -0.208. The van der Waals surface area contributed by atoms with Crippen LogP contribution in [0.1, 0.15) is 19.3 Å². The molecule has 32 heavy (non-hydrogen) atoms. The molecule has 0 atom stereocenters. The summed E-state index contributed by atoms with van der Waals surface area (Å²) < 4.78 is 32.7. The molecule has 2 fully saturated rings. The molecule has 11 heteroatoms. The van der Waals surface area contributed by atoms with E-state index in [9.17, 15) is 18.0 Å². The number of ether oxygens (including phenoxy) is 1. The molecule has 0 aliphatic carbocycles. The van der Waals surface area contributed by atoms with Crippen LogP contribution >= 0.6 is 11.8 Å². The number of hydrogen-bond donors (Lipinski definition) is 1. The standard InChI is InChI=1S/C21H30N4O5S2/c26-20(22-6-3-9-23-7-1-2-8-23)15-25-18-14-17(4-5-19(18)31-16-21(25)27)32(28,29)24-10-12-30-13-11-24/h4-5,14H,1-3,6-13,15-16H2,(H,22,26). The van der Waals surface area contributed by atoms with Crippen molar-refractivity contribution in [2.75, 3.05) is 69.7 Å². The summed E-state index contributed by atoms with van der Waals surface area (Å²) in [5.41, 5.74) is 0.479. The van der Waals surface area contributed by atoms with Crippen molar-refractivity contribution in [1.29, 1.82) is 0 Å². The van der Waals surface area contributed by atoms with Gasteiger partial charge in [-0.25, -0.2) is 8.42 Å². The molecule has 0 bridgehead atoms. The number of morpholine rings is 1. The van der Waals surface area contributed by atoms with E-state index in [1.807, 2.05) is 0 Å². The summed E-state index contributed by atoms with van der Waals surface area (Å²) in [6.45, 7) is 4.99. The van der Waals surface area contributed by atoms with Crippen molar-refractivity contribution in [3.05, 3.63) is 18.2 Å². The summed E-state index contributed by atoms with van der Waals surface area (Å²) in [6.07, 6.45) is 3.35. The number of sulfonamides is 1. The molecule has 1 N–H and O–H groups in total. The molecule has 3 aliphatic heterocycles. The van der Waals surface area contributed by atoms with Crippen molar-refractivity contribution >= 4 is 39.3 Å². The summed E-state index contributed by atoms with van der Waals surface area (Å²) in [5, 5.41) is 2.90. The minimum Gasteiger partial charge on any atom is -0.379 e. The minimum atomic E-state index is -3.69. The molecule has 2 amide bonds. The Kier molecular flexibility index (Phi) is 7.72. The maximum absolute atomic E-state index is 13.0. The highest BCUT2D eigenvalue weighted by Gasteiger charge is 2.31. The van der Waals surface area contributed by atoms with Crippen LogP contribution in [0.25, 0.3) is 0 Å². The SMILES string of the molecule is O=C(CN1C(=O)CSc2ccc(S(=O)(=O)N3CCOCC3)cc21)NCCCN1CCCC1. The molecule has 9 nitrogen and oxygen atoms in total. The molecule has 2 saturated heterocycles. The van der Waals surface area contributed by atoms with E-state index in [1.54, 1.807) is 12.1 Å². The van der Waals surface area contributed by atoms with Gasteiger partial charge in [0.25, 0.3) is 0 Å². The fraction of sp³-hybridized carbons (Fsp3) is 0.619. The van der Waals surface area contributed by atoms with E-state index in [-0.39, 0.29) is 29.0 Å². The number of carbonyl (C=O) groups excluding carboxylic acids is 2. The maximum atomic E-state index is 13.0. The van der Waals surface area contributed by atoms with Gasteiger partial charge in [-0.1, -0.05) is 0 Å². The topological polar surface area (TPSA) is 99.3 Å². The van der Waals surface area contributed by atoms with Crippen LogP contribution in [0.5, 0.6) is 0 Å². The van der Waals surface area contributed by atoms with Crippen molar-refractivity contribution in [3.8, 4) is 0 Å². The average Bonchev–Trinajstić information content (AvgIpc) is 3.32. The molecule has 3 heterocycles. The van der Waals surface area contributed by atoms with Crippen LogP contribution in [-0.2, 0) is 24.3 Å². The first-order chi connectivity index (χ1) is 15.4. The first kappa shape index (κ1) is 23.5. The van der Waals surface area contributed by atoms with E-state index in [0.29, 0.717) is 38.5 Å². The summed E-state index contributed by atoms with van der Waals surface area (Å²) in [7, 11) is -3.69. The number of hydrogen-bond acceptors (Lipinski definition) is 7. The van der Waals surface area contributed by atoms with Gasteiger partial charge in [-0.3, -0.25) is 9.59 Å². The Morgan fingerprint density at radius 1 is 1.12 bits per heavy atom. The third-order valence-corrected chi connectivity index (χ3v) is 8.90. The van der Waals surface area contributed by atoms with Gasteiger partial charge in [-0.15, -0.1) is 11.8 Å². The van der Waals surface area contributed by atoms with Gasteiger partial charge in [-0.05, 0) is 57.1 Å². The van der Waals surface area contributed by atoms with Crippen molar-refractivity contribution in [1.82, 2.24) is 14.5 Å². The first-order valence-corrected chi connectivity index (χ1v) is 13.5. The number of nitrogens with one attached hydrogen (secondary N) is 1. The van der Waals surface area contributed by atoms with E-state index in [0.717, 1.165) is 31.0 Å². The number of thioether (sulfide) groups is 1. The molecule has 1 aromatic carbocycles. The number of benzene rings is 1. The average molecular weight is 483 g/mol.